The molecule has 0 N–H and O–H groups in total. The third kappa shape index (κ3) is 1.56. The molecule has 0 aliphatic heterocycles. The molecule has 0 atom stereocenters. The molecular formula is C11H5N4. The Bertz CT molecular complexity index is 555. The smallest absolute Gasteiger partial charge is 0.113 e. The van der Waals surface area contributed by atoms with Crippen molar-refractivity contribution in [3.8, 4) is 17.8 Å². The third-order valence-electron chi connectivity index (χ3n) is 1.96. The van der Waals surface area contributed by atoms with Gasteiger partial charge < -0.3 is 0 Å². The quantitative estimate of drug-likeness (QED) is 0.687. The third-order valence-corrected chi connectivity index (χ3v) is 1.96. The van der Waals surface area contributed by atoms with Gasteiger partial charge in [-0.25, -0.2) is 4.68 Å². The predicted molar refractivity (Wildman–Crippen MR) is 51.8 cm³/mol. The summed E-state index contributed by atoms with van der Waals surface area (Å²) in [6, 6.07) is 10.6. The molecule has 1 aromatic heterocycles. The van der Waals surface area contributed by atoms with E-state index in [9.17, 15) is 0 Å². The zero-order chi connectivity index (χ0) is 10.7. The van der Waals surface area contributed by atoms with Gasteiger partial charge in [0.2, 0.25) is 0 Å². The fourth-order valence-electron chi connectivity index (χ4n) is 1.24. The van der Waals surface area contributed by atoms with Crippen molar-refractivity contribution in [3.05, 3.63) is 47.8 Å². The van der Waals surface area contributed by atoms with Gasteiger partial charge in [-0.3, -0.25) is 0 Å². The Morgan fingerprint density at radius 2 is 2.00 bits per heavy atom. The normalized spacial score (nSPS) is 9.20. The summed E-state index contributed by atoms with van der Waals surface area (Å²) in [6.07, 6.45) is 4.38. The van der Waals surface area contributed by atoms with Crippen molar-refractivity contribution in [2.45, 2.75) is 0 Å². The van der Waals surface area contributed by atoms with Crippen molar-refractivity contribution >= 4 is 0 Å². The first-order chi connectivity index (χ1) is 7.35. The Hall–Kier alpha value is -2.59. The number of nitriles is 2. The van der Waals surface area contributed by atoms with E-state index in [0.29, 0.717) is 11.1 Å². The summed E-state index contributed by atoms with van der Waals surface area (Å²) in [5, 5.41) is 21.5. The monoisotopic (exact) mass is 193 g/mol. The summed E-state index contributed by atoms with van der Waals surface area (Å²) < 4.78 is 1.59. The molecule has 0 aliphatic carbocycles. The maximum Gasteiger partial charge on any atom is 0.113 e. The Labute approximate surface area is 86.6 Å². The van der Waals surface area contributed by atoms with E-state index in [0.717, 1.165) is 5.69 Å². The molecule has 0 unspecified atom stereocenters. The molecule has 4 nitrogen and oxygen atoms in total. The van der Waals surface area contributed by atoms with Crippen LogP contribution in [0.2, 0.25) is 0 Å². The van der Waals surface area contributed by atoms with E-state index < -0.39 is 0 Å². The second kappa shape index (κ2) is 3.65. The topological polar surface area (TPSA) is 65.4 Å². The van der Waals surface area contributed by atoms with Gasteiger partial charge in [-0.05, 0) is 24.3 Å². The molecule has 0 spiro atoms. The summed E-state index contributed by atoms with van der Waals surface area (Å²) in [5.41, 5.74) is 1.47. The van der Waals surface area contributed by atoms with Gasteiger partial charge in [-0.15, -0.1) is 0 Å². The number of benzene rings is 1. The van der Waals surface area contributed by atoms with E-state index in [-0.39, 0.29) is 0 Å². The lowest BCUT2D eigenvalue weighted by Crippen LogP contribution is -1.95. The maximum absolute atomic E-state index is 8.83. The number of rotatable bonds is 1. The standard InChI is InChI=1S/C11H5N4/c12-7-9-2-3-11(6-10(9)8-13)15-5-1-4-14-15/h1-3,5-6H. The lowest BCUT2D eigenvalue weighted by Gasteiger charge is -2.01. The van der Waals surface area contributed by atoms with Crippen LogP contribution in [0.15, 0.2) is 30.5 Å². The molecule has 0 amide bonds. The van der Waals surface area contributed by atoms with Crippen LogP contribution in [0.4, 0.5) is 0 Å². The molecule has 0 fully saturated rings. The second-order valence-electron chi connectivity index (χ2n) is 2.84. The molecule has 2 aromatic rings. The summed E-state index contributed by atoms with van der Waals surface area (Å²) >= 11 is 0. The number of hydrogen-bond donors (Lipinski definition) is 0. The molecule has 15 heavy (non-hydrogen) atoms. The van der Waals surface area contributed by atoms with E-state index in [1.807, 2.05) is 12.1 Å². The predicted octanol–water partition coefficient (Wildman–Crippen LogP) is 1.42. The number of aromatic nitrogens is 2. The zero-order valence-corrected chi connectivity index (χ0v) is 7.68. The Balaban J connectivity index is 2.56. The zero-order valence-electron chi connectivity index (χ0n) is 7.68. The van der Waals surface area contributed by atoms with Crippen molar-refractivity contribution < 1.29 is 0 Å². The van der Waals surface area contributed by atoms with Gasteiger partial charge in [0.05, 0.1) is 16.8 Å². The highest BCUT2D eigenvalue weighted by atomic mass is 15.3. The summed E-state index contributed by atoms with van der Waals surface area (Å²) in [5.74, 6) is 0. The van der Waals surface area contributed by atoms with Crippen molar-refractivity contribution in [1.29, 1.82) is 10.5 Å². The van der Waals surface area contributed by atoms with E-state index >= 15 is 0 Å². The van der Waals surface area contributed by atoms with Gasteiger partial charge in [0.25, 0.3) is 0 Å². The van der Waals surface area contributed by atoms with Crippen LogP contribution in [0.1, 0.15) is 11.1 Å². The van der Waals surface area contributed by atoms with E-state index in [1.54, 1.807) is 35.1 Å². The number of nitrogens with zero attached hydrogens (tertiary/aromatic N) is 4. The van der Waals surface area contributed by atoms with Crippen LogP contribution in [0.25, 0.3) is 5.69 Å². The van der Waals surface area contributed by atoms with E-state index in [4.69, 9.17) is 10.5 Å². The fourth-order valence-corrected chi connectivity index (χ4v) is 1.24. The highest BCUT2D eigenvalue weighted by molar-refractivity contribution is 5.51. The molecule has 4 heteroatoms. The average molecular weight is 193 g/mol. The molecule has 69 valence electrons. The molecule has 0 saturated carbocycles. The molecule has 0 saturated heterocycles. The largest absolute Gasteiger partial charge is 0.240 e. The first-order valence-electron chi connectivity index (χ1n) is 4.21. The van der Waals surface area contributed by atoms with Crippen molar-refractivity contribution in [3.63, 3.8) is 0 Å². The van der Waals surface area contributed by atoms with E-state index in [2.05, 4.69) is 11.3 Å². The lowest BCUT2D eigenvalue weighted by atomic mass is 10.1. The molecule has 2 rings (SSSR count). The van der Waals surface area contributed by atoms with Gasteiger partial charge in [-0.1, -0.05) is 0 Å². The van der Waals surface area contributed by atoms with Crippen LogP contribution in [0.3, 0.4) is 0 Å². The highest BCUT2D eigenvalue weighted by Crippen LogP contribution is 2.13. The minimum Gasteiger partial charge on any atom is -0.240 e. The van der Waals surface area contributed by atoms with Gasteiger partial charge in [0.1, 0.15) is 18.3 Å². The Morgan fingerprint density at radius 1 is 1.20 bits per heavy atom. The second-order valence-corrected chi connectivity index (χ2v) is 2.84. The van der Waals surface area contributed by atoms with Gasteiger partial charge in [0.15, 0.2) is 0 Å². The highest BCUT2D eigenvalue weighted by Gasteiger charge is 2.03. The van der Waals surface area contributed by atoms with Crippen LogP contribution < -0.4 is 0 Å². The number of hydrogen-bond acceptors (Lipinski definition) is 3. The minimum absolute atomic E-state index is 0.352. The molecule has 0 bridgehead atoms. The minimum atomic E-state index is 0.352. The molecular weight excluding hydrogens is 188 g/mol. The van der Waals surface area contributed by atoms with Crippen LogP contribution in [-0.4, -0.2) is 9.78 Å². The SMILES string of the molecule is N#Cc1ccc(-n2cc[c]n2)cc1C#N. The summed E-state index contributed by atoms with van der Waals surface area (Å²) in [7, 11) is 0. The van der Waals surface area contributed by atoms with Crippen LogP contribution in [0, 0.1) is 28.9 Å². The molecule has 1 heterocycles. The molecule has 0 aliphatic rings. The average Bonchev–Trinajstić information content (AvgIpc) is 2.81. The van der Waals surface area contributed by atoms with Crippen LogP contribution >= 0.6 is 0 Å². The lowest BCUT2D eigenvalue weighted by molar-refractivity contribution is 0.876. The molecule has 1 radical (unpaired) electrons. The first kappa shape index (κ1) is 8.98. The van der Waals surface area contributed by atoms with Crippen molar-refractivity contribution in [2.75, 3.05) is 0 Å². The Morgan fingerprint density at radius 3 is 2.60 bits per heavy atom. The van der Waals surface area contributed by atoms with Gasteiger partial charge in [0, 0.05) is 6.20 Å². The van der Waals surface area contributed by atoms with Crippen LogP contribution in [0.5, 0.6) is 0 Å². The van der Waals surface area contributed by atoms with Gasteiger partial charge >= 0.3 is 0 Å². The maximum atomic E-state index is 8.83. The summed E-state index contributed by atoms with van der Waals surface area (Å²) in [6.45, 7) is 0. The Kier molecular flexibility index (Phi) is 2.19. The van der Waals surface area contributed by atoms with E-state index in [1.165, 1.54) is 0 Å². The fraction of sp³-hybridized carbons (Fsp3) is 0. The van der Waals surface area contributed by atoms with Crippen molar-refractivity contribution in [2.24, 2.45) is 0 Å². The molecule has 1 aromatic carbocycles. The van der Waals surface area contributed by atoms with Gasteiger partial charge in [-0.2, -0.15) is 15.6 Å². The van der Waals surface area contributed by atoms with Crippen LogP contribution in [-0.2, 0) is 0 Å². The first-order valence-corrected chi connectivity index (χ1v) is 4.21. The summed E-state index contributed by atoms with van der Waals surface area (Å²) in [4.78, 5) is 0. The van der Waals surface area contributed by atoms with Crippen molar-refractivity contribution in [1.82, 2.24) is 9.78 Å².